The summed E-state index contributed by atoms with van der Waals surface area (Å²) < 4.78 is 0. The zero-order valence-electron chi connectivity index (χ0n) is 13.6. The fraction of sp³-hybridized carbons (Fsp3) is 0.200. The highest BCUT2D eigenvalue weighted by Gasteiger charge is 2.25. The van der Waals surface area contributed by atoms with Crippen molar-refractivity contribution in [2.75, 3.05) is 0 Å². The Morgan fingerprint density at radius 1 is 0.958 bits per heavy atom. The van der Waals surface area contributed by atoms with Crippen LogP contribution in [0.15, 0.2) is 48.5 Å². The molecule has 3 N–H and O–H groups in total. The molecule has 0 atom stereocenters. The Morgan fingerprint density at radius 2 is 1.42 bits per heavy atom. The van der Waals surface area contributed by atoms with Gasteiger partial charge in [0.1, 0.15) is 0 Å². The first kappa shape index (κ1) is 17.5. The normalized spacial score (nSPS) is 12.2. The molecule has 1 amide bonds. The topological polar surface area (TPSA) is 80.4 Å². The van der Waals surface area contributed by atoms with E-state index < -0.39 is 5.97 Å². The van der Waals surface area contributed by atoms with Gasteiger partial charge in [-0.3, -0.25) is 9.59 Å². The van der Waals surface area contributed by atoms with Gasteiger partial charge in [-0.05, 0) is 28.7 Å². The SMILES string of the molecule is CCCC(=O)O.NC(=O)C1c2ccccc2C=Cc2ccccc21. The number of carboxylic acid groups (broad SMARTS) is 1. The second-order valence-corrected chi connectivity index (χ2v) is 5.57. The van der Waals surface area contributed by atoms with Crippen LogP contribution in [0.5, 0.6) is 0 Å². The monoisotopic (exact) mass is 323 g/mol. The Morgan fingerprint density at radius 3 is 1.75 bits per heavy atom. The van der Waals surface area contributed by atoms with Crippen LogP contribution in [-0.4, -0.2) is 17.0 Å². The lowest BCUT2D eigenvalue weighted by Gasteiger charge is -2.16. The number of carbonyl (C=O) groups is 2. The van der Waals surface area contributed by atoms with Crippen molar-refractivity contribution in [1.82, 2.24) is 0 Å². The number of hydrogen-bond donors (Lipinski definition) is 2. The molecule has 3 rings (SSSR count). The number of aliphatic carboxylic acids is 1. The maximum atomic E-state index is 11.8. The van der Waals surface area contributed by atoms with Crippen molar-refractivity contribution in [3.63, 3.8) is 0 Å². The first-order valence-electron chi connectivity index (χ1n) is 7.91. The lowest BCUT2D eigenvalue weighted by Crippen LogP contribution is -2.23. The van der Waals surface area contributed by atoms with Crippen molar-refractivity contribution < 1.29 is 14.7 Å². The molecule has 4 nitrogen and oxygen atoms in total. The molecule has 124 valence electrons. The van der Waals surface area contributed by atoms with Crippen molar-refractivity contribution in [3.05, 3.63) is 70.8 Å². The number of carbonyl (C=O) groups excluding carboxylic acids is 1. The van der Waals surface area contributed by atoms with Gasteiger partial charge >= 0.3 is 5.97 Å². The number of carboxylic acids is 1. The van der Waals surface area contributed by atoms with Crippen LogP contribution in [0.25, 0.3) is 12.2 Å². The molecule has 0 fully saturated rings. The third kappa shape index (κ3) is 4.10. The first-order chi connectivity index (χ1) is 11.5. The number of amides is 1. The van der Waals surface area contributed by atoms with Crippen LogP contribution in [0.3, 0.4) is 0 Å². The number of benzene rings is 2. The minimum atomic E-state index is -0.711. The van der Waals surface area contributed by atoms with Crippen LogP contribution in [0.4, 0.5) is 0 Å². The summed E-state index contributed by atoms with van der Waals surface area (Å²) in [4.78, 5) is 21.4. The van der Waals surface area contributed by atoms with Gasteiger partial charge in [0.25, 0.3) is 0 Å². The van der Waals surface area contributed by atoms with E-state index in [0.717, 1.165) is 28.7 Å². The van der Waals surface area contributed by atoms with E-state index in [0.29, 0.717) is 6.42 Å². The maximum Gasteiger partial charge on any atom is 0.303 e. The van der Waals surface area contributed by atoms with E-state index in [1.54, 1.807) is 0 Å². The molecule has 24 heavy (non-hydrogen) atoms. The second-order valence-electron chi connectivity index (χ2n) is 5.57. The van der Waals surface area contributed by atoms with E-state index >= 15 is 0 Å². The van der Waals surface area contributed by atoms with Crippen molar-refractivity contribution in [1.29, 1.82) is 0 Å². The summed E-state index contributed by atoms with van der Waals surface area (Å²) in [6.45, 7) is 1.84. The molecule has 0 aromatic heterocycles. The van der Waals surface area contributed by atoms with Crippen LogP contribution in [0.2, 0.25) is 0 Å². The molecular weight excluding hydrogens is 302 g/mol. The Bertz CT molecular complexity index is 715. The lowest BCUT2D eigenvalue weighted by molar-refractivity contribution is -0.137. The van der Waals surface area contributed by atoms with E-state index in [-0.39, 0.29) is 11.8 Å². The Labute approximate surface area is 141 Å². The molecule has 0 saturated carbocycles. The van der Waals surface area contributed by atoms with Crippen LogP contribution >= 0.6 is 0 Å². The zero-order chi connectivity index (χ0) is 17.5. The molecule has 2 aromatic rings. The minimum absolute atomic E-state index is 0.292. The molecule has 0 heterocycles. The van der Waals surface area contributed by atoms with E-state index in [1.165, 1.54) is 0 Å². The maximum absolute atomic E-state index is 11.8. The van der Waals surface area contributed by atoms with Gasteiger partial charge in [0.2, 0.25) is 5.91 Å². The number of fused-ring (bicyclic) bond motifs is 2. The Kier molecular flexibility index (Phi) is 5.90. The number of hydrogen-bond acceptors (Lipinski definition) is 2. The lowest BCUT2D eigenvalue weighted by atomic mass is 9.87. The van der Waals surface area contributed by atoms with Crippen LogP contribution in [0.1, 0.15) is 47.9 Å². The highest BCUT2D eigenvalue weighted by Crippen LogP contribution is 2.33. The highest BCUT2D eigenvalue weighted by atomic mass is 16.4. The average molecular weight is 323 g/mol. The molecule has 0 bridgehead atoms. The van der Waals surface area contributed by atoms with Crippen molar-refractivity contribution in [2.24, 2.45) is 5.73 Å². The molecule has 0 spiro atoms. The van der Waals surface area contributed by atoms with Crippen molar-refractivity contribution in [3.8, 4) is 0 Å². The van der Waals surface area contributed by atoms with Crippen molar-refractivity contribution in [2.45, 2.75) is 25.7 Å². The minimum Gasteiger partial charge on any atom is -0.481 e. The molecule has 1 aliphatic rings. The van der Waals surface area contributed by atoms with Gasteiger partial charge < -0.3 is 10.8 Å². The summed E-state index contributed by atoms with van der Waals surface area (Å²) in [7, 11) is 0. The molecule has 0 aliphatic heterocycles. The molecule has 0 radical (unpaired) electrons. The van der Waals surface area contributed by atoms with Gasteiger partial charge in [-0.15, -0.1) is 0 Å². The van der Waals surface area contributed by atoms with Crippen molar-refractivity contribution >= 4 is 24.0 Å². The van der Waals surface area contributed by atoms with Crippen LogP contribution in [-0.2, 0) is 9.59 Å². The first-order valence-corrected chi connectivity index (χ1v) is 7.91. The molecule has 0 unspecified atom stereocenters. The van der Waals surface area contributed by atoms with Crippen LogP contribution in [0, 0.1) is 0 Å². The summed E-state index contributed by atoms with van der Waals surface area (Å²) in [6, 6.07) is 15.8. The fourth-order valence-electron chi connectivity index (χ4n) is 2.72. The van der Waals surface area contributed by atoms with E-state index in [4.69, 9.17) is 10.8 Å². The largest absolute Gasteiger partial charge is 0.481 e. The van der Waals surface area contributed by atoms with Gasteiger partial charge in [-0.25, -0.2) is 0 Å². The van der Waals surface area contributed by atoms with E-state index in [1.807, 2.05) is 67.6 Å². The Balaban J connectivity index is 0.000000301. The third-order valence-corrected chi connectivity index (χ3v) is 3.80. The smallest absolute Gasteiger partial charge is 0.303 e. The Hall–Kier alpha value is -2.88. The van der Waals surface area contributed by atoms with Crippen LogP contribution < -0.4 is 5.73 Å². The molecular formula is C20H21NO3. The number of primary amides is 1. The molecule has 0 saturated heterocycles. The quantitative estimate of drug-likeness (QED) is 0.904. The second kappa shape index (κ2) is 8.11. The summed E-state index contributed by atoms with van der Waals surface area (Å²) >= 11 is 0. The predicted molar refractivity (Wildman–Crippen MR) is 95.4 cm³/mol. The highest BCUT2D eigenvalue weighted by molar-refractivity contribution is 5.91. The van der Waals surface area contributed by atoms with Gasteiger partial charge in [0, 0.05) is 6.42 Å². The van der Waals surface area contributed by atoms with Gasteiger partial charge in [-0.1, -0.05) is 67.6 Å². The third-order valence-electron chi connectivity index (χ3n) is 3.80. The average Bonchev–Trinajstić information content (AvgIpc) is 2.72. The molecule has 1 aliphatic carbocycles. The van der Waals surface area contributed by atoms with E-state index in [2.05, 4.69) is 0 Å². The number of rotatable bonds is 3. The van der Waals surface area contributed by atoms with Gasteiger partial charge in [-0.2, -0.15) is 0 Å². The number of nitrogens with two attached hydrogens (primary N) is 1. The molecule has 4 heteroatoms. The van der Waals surface area contributed by atoms with Gasteiger partial charge in [0.15, 0.2) is 0 Å². The zero-order valence-corrected chi connectivity index (χ0v) is 13.6. The summed E-state index contributed by atoms with van der Waals surface area (Å²) in [5.41, 5.74) is 9.66. The predicted octanol–water partition coefficient (Wildman–Crippen LogP) is 3.66. The summed E-state index contributed by atoms with van der Waals surface area (Å²) in [5, 5.41) is 7.91. The summed E-state index contributed by atoms with van der Waals surface area (Å²) in [5.74, 6) is -1.39. The van der Waals surface area contributed by atoms with Gasteiger partial charge in [0.05, 0.1) is 5.92 Å². The standard InChI is InChI=1S/C16H13NO.C4H8O2/c17-16(18)15-13-7-3-1-5-11(13)9-10-12-6-2-4-8-14(12)15;1-2-3-4(5)6/h1-10,15H,(H2,17,18);2-3H2,1H3,(H,5,6). The van der Waals surface area contributed by atoms with E-state index in [9.17, 15) is 9.59 Å². The summed E-state index contributed by atoms with van der Waals surface area (Å²) in [6.07, 6.45) is 5.10. The fourth-order valence-corrected chi connectivity index (χ4v) is 2.72. The molecule has 2 aromatic carbocycles.